The van der Waals surface area contributed by atoms with E-state index in [1.165, 1.54) is 0 Å². The van der Waals surface area contributed by atoms with E-state index >= 15 is 0 Å². The van der Waals surface area contributed by atoms with E-state index in [2.05, 4.69) is 5.32 Å². The molecule has 0 bridgehead atoms. The molecule has 1 aliphatic heterocycles. The maximum Gasteiger partial charge on any atom is 0.407 e. The summed E-state index contributed by atoms with van der Waals surface area (Å²) in [5.74, 6) is -0.805. The number of hydrogen-bond acceptors (Lipinski definition) is 5. The Kier molecular flexibility index (Phi) is 4.37. The van der Waals surface area contributed by atoms with Crippen molar-refractivity contribution in [2.24, 2.45) is 5.92 Å². The molecule has 124 valence electrons. The van der Waals surface area contributed by atoms with Crippen LogP contribution in [0.2, 0.25) is 0 Å². The summed E-state index contributed by atoms with van der Waals surface area (Å²) in [6.07, 6.45) is -0.961. The zero-order chi connectivity index (χ0) is 16.4. The first-order chi connectivity index (χ1) is 10.9. The van der Waals surface area contributed by atoms with E-state index in [1.54, 1.807) is 13.8 Å². The Labute approximate surface area is 135 Å². The van der Waals surface area contributed by atoms with Gasteiger partial charge in [-0.2, -0.15) is 0 Å². The highest BCUT2D eigenvalue weighted by Crippen LogP contribution is 2.39. The molecule has 2 fully saturated rings. The minimum absolute atomic E-state index is 0.0324. The normalized spacial score (nSPS) is 28.4. The van der Waals surface area contributed by atoms with Crippen LogP contribution in [0.4, 0.5) is 4.79 Å². The van der Waals surface area contributed by atoms with Crippen molar-refractivity contribution in [2.75, 3.05) is 6.54 Å². The van der Waals surface area contributed by atoms with Crippen molar-refractivity contribution in [1.29, 1.82) is 0 Å². The SMILES string of the molecule is CC1(C)O[C@@H]2[C@@H](CNC(=O)OCc3ccccc3)CC(=O)[C@@H]2O1. The summed E-state index contributed by atoms with van der Waals surface area (Å²) in [5.41, 5.74) is 0.924. The second-order valence-corrected chi connectivity index (χ2v) is 6.39. The molecule has 1 saturated heterocycles. The highest BCUT2D eigenvalue weighted by molar-refractivity contribution is 5.87. The maximum absolute atomic E-state index is 12.0. The Bertz CT molecular complexity index is 586. The van der Waals surface area contributed by atoms with Gasteiger partial charge in [-0.05, 0) is 19.4 Å². The van der Waals surface area contributed by atoms with Crippen LogP contribution < -0.4 is 5.32 Å². The summed E-state index contributed by atoms with van der Waals surface area (Å²) < 4.78 is 16.6. The van der Waals surface area contributed by atoms with Gasteiger partial charge in [-0.25, -0.2) is 4.79 Å². The molecule has 3 rings (SSSR count). The zero-order valence-corrected chi connectivity index (χ0v) is 13.3. The summed E-state index contributed by atoms with van der Waals surface area (Å²) in [4.78, 5) is 23.7. The van der Waals surface area contributed by atoms with Crippen LogP contribution in [0.25, 0.3) is 0 Å². The van der Waals surface area contributed by atoms with Gasteiger partial charge < -0.3 is 19.5 Å². The predicted molar refractivity (Wildman–Crippen MR) is 81.6 cm³/mol. The van der Waals surface area contributed by atoms with E-state index in [4.69, 9.17) is 14.2 Å². The van der Waals surface area contributed by atoms with Gasteiger partial charge in [0.05, 0.1) is 6.10 Å². The van der Waals surface area contributed by atoms with Crippen LogP contribution in [0, 0.1) is 5.92 Å². The Morgan fingerprint density at radius 1 is 1.30 bits per heavy atom. The highest BCUT2D eigenvalue weighted by atomic mass is 16.8. The van der Waals surface area contributed by atoms with Crippen LogP contribution in [0.3, 0.4) is 0 Å². The summed E-state index contributed by atoms with van der Waals surface area (Å²) in [6, 6.07) is 9.46. The lowest BCUT2D eigenvalue weighted by molar-refractivity contribution is -0.162. The van der Waals surface area contributed by atoms with Crippen LogP contribution >= 0.6 is 0 Å². The van der Waals surface area contributed by atoms with E-state index in [1.807, 2.05) is 30.3 Å². The van der Waals surface area contributed by atoms with Crippen LogP contribution in [0.5, 0.6) is 0 Å². The topological polar surface area (TPSA) is 73.9 Å². The van der Waals surface area contributed by atoms with Gasteiger partial charge in [0.25, 0.3) is 0 Å². The van der Waals surface area contributed by atoms with Gasteiger partial charge in [-0.15, -0.1) is 0 Å². The average molecular weight is 319 g/mol. The van der Waals surface area contributed by atoms with Crippen LogP contribution in [0.1, 0.15) is 25.8 Å². The number of carbonyl (C=O) groups excluding carboxylic acids is 2. The first-order valence-electron chi connectivity index (χ1n) is 7.77. The van der Waals surface area contributed by atoms with E-state index in [-0.39, 0.29) is 24.4 Å². The highest BCUT2D eigenvalue weighted by Gasteiger charge is 2.53. The minimum atomic E-state index is -0.752. The fourth-order valence-corrected chi connectivity index (χ4v) is 3.05. The van der Waals surface area contributed by atoms with Crippen LogP contribution in [0.15, 0.2) is 30.3 Å². The monoisotopic (exact) mass is 319 g/mol. The second-order valence-electron chi connectivity index (χ2n) is 6.39. The third-order valence-corrected chi connectivity index (χ3v) is 4.10. The van der Waals surface area contributed by atoms with E-state index in [0.717, 1.165) is 5.56 Å². The van der Waals surface area contributed by atoms with Gasteiger partial charge in [0.15, 0.2) is 11.6 Å². The summed E-state index contributed by atoms with van der Waals surface area (Å²) in [6.45, 7) is 4.13. The molecule has 3 atom stereocenters. The van der Waals surface area contributed by atoms with Gasteiger partial charge in [0.2, 0.25) is 0 Å². The quantitative estimate of drug-likeness (QED) is 0.919. The Morgan fingerprint density at radius 3 is 2.78 bits per heavy atom. The summed E-state index contributed by atoms with van der Waals surface area (Å²) in [5, 5.41) is 2.71. The largest absolute Gasteiger partial charge is 0.445 e. The van der Waals surface area contributed by atoms with Crippen LogP contribution in [-0.4, -0.2) is 36.4 Å². The molecule has 0 aromatic heterocycles. The molecule has 23 heavy (non-hydrogen) atoms. The van der Waals surface area contributed by atoms with E-state index in [0.29, 0.717) is 13.0 Å². The maximum atomic E-state index is 12.0. The van der Waals surface area contributed by atoms with Crippen LogP contribution in [-0.2, 0) is 25.6 Å². The number of ketones is 1. The number of hydrogen-bond donors (Lipinski definition) is 1. The standard InChI is InChI=1S/C17H21NO5/c1-17(2)22-14-12(8-13(19)15(14)23-17)9-18-16(20)21-10-11-6-4-3-5-7-11/h3-7,12,14-15H,8-10H2,1-2H3,(H,18,20)/t12-,14-,15+/m1/s1. The molecule has 2 aliphatic rings. The van der Waals surface area contributed by atoms with Crippen molar-refractivity contribution in [3.05, 3.63) is 35.9 Å². The van der Waals surface area contributed by atoms with Gasteiger partial charge in [0, 0.05) is 18.9 Å². The van der Waals surface area contributed by atoms with Gasteiger partial charge >= 0.3 is 6.09 Å². The van der Waals surface area contributed by atoms with Gasteiger partial charge in [0.1, 0.15) is 12.7 Å². The molecule has 1 aromatic rings. The number of alkyl carbamates (subject to hydrolysis) is 1. The summed E-state index contributed by atoms with van der Waals surface area (Å²) in [7, 11) is 0. The number of fused-ring (bicyclic) bond motifs is 1. The lowest BCUT2D eigenvalue weighted by Gasteiger charge is -2.21. The lowest BCUT2D eigenvalue weighted by atomic mass is 10.1. The van der Waals surface area contributed by atoms with Gasteiger partial charge in [-0.3, -0.25) is 4.79 Å². The van der Waals surface area contributed by atoms with Crippen molar-refractivity contribution in [3.8, 4) is 0 Å². The average Bonchev–Trinajstić information content (AvgIpc) is 2.99. The fraction of sp³-hybridized carbons (Fsp3) is 0.529. The van der Waals surface area contributed by atoms with Crippen molar-refractivity contribution in [3.63, 3.8) is 0 Å². The Balaban J connectivity index is 1.47. The van der Waals surface area contributed by atoms with Crippen molar-refractivity contribution < 1.29 is 23.8 Å². The molecule has 1 aliphatic carbocycles. The lowest BCUT2D eigenvalue weighted by Crippen LogP contribution is -2.35. The molecule has 1 aromatic carbocycles. The molecule has 6 heteroatoms. The first-order valence-corrected chi connectivity index (χ1v) is 7.77. The number of Topliss-reactive ketones (excluding diaryl/α,β-unsaturated/α-hetero) is 1. The Morgan fingerprint density at radius 2 is 2.04 bits per heavy atom. The number of nitrogens with one attached hydrogen (secondary N) is 1. The Hall–Kier alpha value is -1.92. The molecular weight excluding hydrogens is 298 g/mol. The number of amides is 1. The fourth-order valence-electron chi connectivity index (χ4n) is 3.05. The van der Waals surface area contributed by atoms with Crippen molar-refractivity contribution in [2.45, 2.75) is 44.9 Å². The molecule has 0 unspecified atom stereocenters. The second kappa shape index (κ2) is 6.29. The molecular formula is C17H21NO5. The number of benzene rings is 1. The van der Waals surface area contributed by atoms with E-state index in [9.17, 15) is 9.59 Å². The molecule has 1 N–H and O–H groups in total. The third-order valence-electron chi connectivity index (χ3n) is 4.10. The molecule has 0 spiro atoms. The minimum Gasteiger partial charge on any atom is -0.445 e. The molecule has 6 nitrogen and oxygen atoms in total. The molecule has 0 radical (unpaired) electrons. The number of ether oxygens (including phenoxy) is 3. The predicted octanol–water partition coefficient (Wildman–Crippen LogP) is 2.02. The smallest absolute Gasteiger partial charge is 0.407 e. The van der Waals surface area contributed by atoms with Gasteiger partial charge in [-0.1, -0.05) is 30.3 Å². The van der Waals surface area contributed by atoms with Crippen molar-refractivity contribution in [1.82, 2.24) is 5.32 Å². The number of rotatable bonds is 4. The third kappa shape index (κ3) is 3.71. The molecule has 1 amide bonds. The molecule has 1 saturated carbocycles. The van der Waals surface area contributed by atoms with Crippen molar-refractivity contribution >= 4 is 11.9 Å². The first kappa shape index (κ1) is 16.0. The zero-order valence-electron chi connectivity index (χ0n) is 13.3. The van der Waals surface area contributed by atoms with E-state index < -0.39 is 18.0 Å². The summed E-state index contributed by atoms with van der Waals surface area (Å²) >= 11 is 0. The number of carbonyl (C=O) groups is 2. The molecule has 1 heterocycles.